The Hall–Kier alpha value is -1.89. The van der Waals surface area contributed by atoms with Crippen molar-refractivity contribution in [2.24, 2.45) is 0 Å². The zero-order valence-corrected chi connectivity index (χ0v) is 18.7. The Kier molecular flexibility index (Phi) is 8.31. The molecule has 0 aromatic heterocycles. The number of benzene rings is 1. The van der Waals surface area contributed by atoms with Crippen molar-refractivity contribution in [2.45, 2.75) is 32.2 Å². The van der Waals surface area contributed by atoms with E-state index in [9.17, 15) is 9.59 Å². The minimum Gasteiger partial charge on any atom is -0.494 e. The van der Waals surface area contributed by atoms with Crippen LogP contribution in [0.3, 0.4) is 0 Å². The number of ether oxygens (including phenoxy) is 1. The Balaban J connectivity index is 1.50. The monoisotopic (exact) mass is 433 g/mol. The van der Waals surface area contributed by atoms with Crippen LogP contribution in [-0.4, -0.2) is 85.4 Å². The van der Waals surface area contributed by atoms with Gasteiger partial charge in [-0.15, -0.1) is 0 Å². The second-order valence-corrected chi connectivity index (χ2v) is 8.43. The average molecular weight is 434 g/mol. The Morgan fingerprint density at radius 2 is 1.87 bits per heavy atom. The number of hydrogen-bond donors (Lipinski definition) is 0. The molecule has 2 aliphatic rings. The van der Waals surface area contributed by atoms with Crippen molar-refractivity contribution in [1.82, 2.24) is 14.7 Å². The van der Waals surface area contributed by atoms with E-state index in [4.69, 9.17) is 16.3 Å². The first-order chi connectivity index (χ1) is 14.5. The lowest BCUT2D eigenvalue weighted by molar-refractivity contribution is -0.127. The number of rotatable bonds is 6. The van der Waals surface area contributed by atoms with Crippen LogP contribution in [0, 0.1) is 0 Å². The van der Waals surface area contributed by atoms with Crippen LogP contribution in [0.1, 0.15) is 36.5 Å². The highest BCUT2D eigenvalue weighted by Gasteiger charge is 2.27. The number of hydrogen-bond acceptors (Lipinski definition) is 5. The molecule has 3 rings (SSSR count). The van der Waals surface area contributed by atoms with Gasteiger partial charge in [-0.25, -0.2) is 0 Å². The van der Waals surface area contributed by atoms with Crippen LogP contribution in [0.25, 0.3) is 0 Å². The van der Waals surface area contributed by atoms with Gasteiger partial charge in [0.05, 0.1) is 11.6 Å². The molecule has 0 radical (unpaired) electrons. The summed E-state index contributed by atoms with van der Waals surface area (Å²) in [5, 5.41) is 0.326. The SMILES string of the molecule is CCOc1ccc(C(=O)C=CC(=O)N2CCC(N3CCCN(C)CC3)CC2)c(Cl)c1. The summed E-state index contributed by atoms with van der Waals surface area (Å²) < 4.78 is 5.38. The largest absolute Gasteiger partial charge is 0.494 e. The molecule has 1 aromatic rings. The average Bonchev–Trinajstić information content (AvgIpc) is 2.97. The summed E-state index contributed by atoms with van der Waals surface area (Å²) in [6.45, 7) is 8.40. The number of nitrogens with zero attached hydrogens (tertiary/aromatic N) is 3. The third-order valence-electron chi connectivity index (χ3n) is 5.94. The van der Waals surface area contributed by atoms with E-state index in [2.05, 4.69) is 16.8 Å². The van der Waals surface area contributed by atoms with Crippen molar-refractivity contribution in [3.05, 3.63) is 40.9 Å². The lowest BCUT2D eigenvalue weighted by Gasteiger charge is -2.37. The third kappa shape index (κ3) is 6.06. The number of carbonyl (C=O) groups excluding carboxylic acids is 2. The van der Waals surface area contributed by atoms with E-state index in [-0.39, 0.29) is 11.7 Å². The molecule has 0 atom stereocenters. The number of likely N-dealkylation sites (N-methyl/N-ethyl adjacent to an activating group) is 1. The fourth-order valence-corrected chi connectivity index (χ4v) is 4.44. The van der Waals surface area contributed by atoms with Gasteiger partial charge < -0.3 is 14.5 Å². The van der Waals surface area contributed by atoms with E-state index >= 15 is 0 Å². The Morgan fingerprint density at radius 3 is 2.57 bits per heavy atom. The Labute approximate surface area is 184 Å². The third-order valence-corrected chi connectivity index (χ3v) is 6.25. The first-order valence-corrected chi connectivity index (χ1v) is 11.2. The van der Waals surface area contributed by atoms with Gasteiger partial charge in [-0.1, -0.05) is 11.6 Å². The van der Waals surface area contributed by atoms with Gasteiger partial charge in [0, 0.05) is 43.9 Å². The molecule has 0 bridgehead atoms. The van der Waals surface area contributed by atoms with Crippen molar-refractivity contribution in [3.8, 4) is 5.75 Å². The molecule has 1 aromatic carbocycles. The lowest BCUT2D eigenvalue weighted by atomic mass is 10.0. The molecule has 30 heavy (non-hydrogen) atoms. The van der Waals surface area contributed by atoms with E-state index in [1.165, 1.54) is 18.6 Å². The summed E-state index contributed by atoms with van der Waals surface area (Å²) in [7, 11) is 2.18. The number of carbonyl (C=O) groups is 2. The van der Waals surface area contributed by atoms with E-state index in [0.717, 1.165) is 52.1 Å². The highest BCUT2D eigenvalue weighted by Crippen LogP contribution is 2.23. The van der Waals surface area contributed by atoms with Gasteiger partial charge in [0.2, 0.25) is 5.91 Å². The number of amides is 1. The fraction of sp³-hybridized carbons (Fsp3) is 0.565. The summed E-state index contributed by atoms with van der Waals surface area (Å²) in [6.07, 6.45) is 5.87. The maximum absolute atomic E-state index is 12.6. The van der Waals surface area contributed by atoms with E-state index in [1.54, 1.807) is 18.2 Å². The van der Waals surface area contributed by atoms with E-state index in [0.29, 0.717) is 29.0 Å². The first kappa shape index (κ1) is 22.8. The van der Waals surface area contributed by atoms with Crippen LogP contribution in [0.15, 0.2) is 30.4 Å². The molecule has 0 aliphatic carbocycles. The highest BCUT2D eigenvalue weighted by atomic mass is 35.5. The molecule has 2 saturated heterocycles. The van der Waals surface area contributed by atoms with E-state index in [1.807, 2.05) is 11.8 Å². The topological polar surface area (TPSA) is 53.1 Å². The second kappa shape index (κ2) is 10.9. The molecule has 0 N–H and O–H groups in total. The van der Waals surface area contributed by atoms with Crippen LogP contribution in [0.4, 0.5) is 0 Å². The molecule has 7 heteroatoms. The molecular weight excluding hydrogens is 402 g/mol. The molecule has 0 spiro atoms. The summed E-state index contributed by atoms with van der Waals surface area (Å²) in [6, 6.07) is 5.52. The van der Waals surface area contributed by atoms with Crippen LogP contribution in [-0.2, 0) is 4.79 Å². The fourth-order valence-electron chi connectivity index (χ4n) is 4.18. The standard InChI is InChI=1S/C23H32ClN3O3/c1-3-30-19-5-6-20(21(24)17-19)22(28)7-8-23(29)27-13-9-18(10-14-27)26-12-4-11-25(2)15-16-26/h5-8,17-18H,3-4,9-16H2,1-2H3. The molecule has 0 unspecified atom stereocenters. The number of likely N-dealkylation sites (tertiary alicyclic amines) is 1. The van der Waals surface area contributed by atoms with Gasteiger partial charge in [-0.05, 0) is 70.6 Å². The van der Waals surface area contributed by atoms with Crippen LogP contribution >= 0.6 is 11.6 Å². The molecule has 2 fully saturated rings. The minimum atomic E-state index is -0.278. The van der Waals surface area contributed by atoms with Gasteiger partial charge in [0.15, 0.2) is 5.78 Å². The maximum Gasteiger partial charge on any atom is 0.246 e. The Bertz CT molecular complexity index is 775. The summed E-state index contributed by atoms with van der Waals surface area (Å²) in [5.74, 6) is 0.234. The van der Waals surface area contributed by atoms with Crippen molar-refractivity contribution < 1.29 is 14.3 Å². The van der Waals surface area contributed by atoms with Gasteiger partial charge in [-0.3, -0.25) is 14.5 Å². The zero-order chi connectivity index (χ0) is 21.5. The number of halogens is 1. The van der Waals surface area contributed by atoms with Gasteiger partial charge in [-0.2, -0.15) is 0 Å². The van der Waals surface area contributed by atoms with Crippen LogP contribution in [0.2, 0.25) is 5.02 Å². The van der Waals surface area contributed by atoms with Gasteiger partial charge in [0.1, 0.15) is 5.75 Å². The second-order valence-electron chi connectivity index (χ2n) is 8.02. The molecule has 0 saturated carbocycles. The molecule has 1 amide bonds. The first-order valence-electron chi connectivity index (χ1n) is 10.8. The van der Waals surface area contributed by atoms with Crippen molar-refractivity contribution in [1.29, 1.82) is 0 Å². The molecule has 6 nitrogen and oxygen atoms in total. The van der Waals surface area contributed by atoms with Crippen LogP contribution < -0.4 is 4.74 Å². The summed E-state index contributed by atoms with van der Waals surface area (Å²) in [5.41, 5.74) is 0.369. The number of piperidine rings is 1. The Morgan fingerprint density at radius 1 is 1.10 bits per heavy atom. The highest BCUT2D eigenvalue weighted by molar-refractivity contribution is 6.34. The van der Waals surface area contributed by atoms with Crippen molar-refractivity contribution in [3.63, 3.8) is 0 Å². The lowest BCUT2D eigenvalue weighted by Crippen LogP contribution is -2.47. The summed E-state index contributed by atoms with van der Waals surface area (Å²) >= 11 is 6.20. The molecule has 2 heterocycles. The summed E-state index contributed by atoms with van der Waals surface area (Å²) in [4.78, 5) is 31.8. The normalized spacial score (nSPS) is 19.8. The predicted octanol–water partition coefficient (Wildman–Crippen LogP) is 3.11. The van der Waals surface area contributed by atoms with E-state index < -0.39 is 0 Å². The van der Waals surface area contributed by atoms with Crippen molar-refractivity contribution >= 4 is 23.3 Å². The molecular formula is C23H32ClN3O3. The quantitative estimate of drug-likeness (QED) is 0.509. The van der Waals surface area contributed by atoms with Gasteiger partial charge >= 0.3 is 0 Å². The van der Waals surface area contributed by atoms with Gasteiger partial charge in [0.25, 0.3) is 0 Å². The predicted molar refractivity (Wildman–Crippen MR) is 119 cm³/mol. The zero-order valence-electron chi connectivity index (χ0n) is 18.0. The van der Waals surface area contributed by atoms with Crippen molar-refractivity contribution in [2.75, 3.05) is 52.9 Å². The smallest absolute Gasteiger partial charge is 0.246 e. The molecule has 2 aliphatic heterocycles. The minimum absolute atomic E-state index is 0.112. The van der Waals surface area contributed by atoms with Crippen LogP contribution in [0.5, 0.6) is 5.75 Å². The number of ketones is 1. The maximum atomic E-state index is 12.6. The molecule has 164 valence electrons. The number of allylic oxidation sites excluding steroid dienone is 1.